The van der Waals surface area contributed by atoms with E-state index in [1.807, 2.05) is 6.07 Å². The molecule has 4 atom stereocenters. The molecule has 1 saturated heterocycles. The van der Waals surface area contributed by atoms with Gasteiger partial charge in [0.05, 0.1) is 28.7 Å². The Morgan fingerprint density at radius 3 is 2.18 bits per heavy atom. The zero-order valence-corrected chi connectivity index (χ0v) is 22.4. The molecule has 2 aromatic rings. The second-order valence-electron chi connectivity index (χ2n) is 10.3. The number of unbranched alkanes of at least 4 members (excludes halogenated alkanes) is 7. The summed E-state index contributed by atoms with van der Waals surface area (Å²) in [6.07, 6.45) is 12.6. The van der Waals surface area contributed by atoms with E-state index in [1.54, 1.807) is 53.6 Å². The van der Waals surface area contributed by atoms with Crippen LogP contribution in [0.1, 0.15) is 64.7 Å². The number of imide groups is 1. The Labute approximate surface area is 229 Å². The van der Waals surface area contributed by atoms with Crippen LogP contribution in [-0.2, 0) is 9.59 Å². The maximum Gasteiger partial charge on any atom is 0.269 e. The highest BCUT2D eigenvalue weighted by atomic mass is 16.6. The van der Waals surface area contributed by atoms with Crippen molar-refractivity contribution >= 4 is 28.9 Å². The number of aliphatic hydroxyl groups is 1. The molecule has 0 aromatic heterocycles. The van der Waals surface area contributed by atoms with Crippen LogP contribution in [0.2, 0.25) is 0 Å². The minimum Gasteiger partial charge on any atom is -0.391 e. The van der Waals surface area contributed by atoms with Gasteiger partial charge in [-0.3, -0.25) is 19.7 Å². The third kappa shape index (κ3) is 6.72. The van der Waals surface area contributed by atoms with Gasteiger partial charge in [-0.05, 0) is 30.7 Å². The largest absolute Gasteiger partial charge is 0.391 e. The number of nitro benzene ring substituents is 1. The van der Waals surface area contributed by atoms with Crippen molar-refractivity contribution in [2.24, 2.45) is 5.92 Å². The predicted octanol–water partition coefficient (Wildman–Crippen LogP) is 5.61. The molecule has 0 spiro atoms. The normalized spacial score (nSPS) is 21.7. The zero-order valence-electron chi connectivity index (χ0n) is 22.4. The predicted molar refractivity (Wildman–Crippen MR) is 151 cm³/mol. The topological polar surface area (TPSA) is 116 Å². The summed E-state index contributed by atoms with van der Waals surface area (Å²) in [7, 11) is 0. The molecule has 9 nitrogen and oxygen atoms in total. The van der Waals surface area contributed by atoms with Gasteiger partial charge in [0.2, 0.25) is 5.91 Å². The Kier molecular flexibility index (Phi) is 9.84. The minimum atomic E-state index is -0.865. The van der Waals surface area contributed by atoms with Crippen LogP contribution in [0.5, 0.6) is 0 Å². The van der Waals surface area contributed by atoms with Gasteiger partial charge in [-0.15, -0.1) is 0 Å². The lowest BCUT2D eigenvalue weighted by atomic mass is 9.91. The Bertz CT molecular complexity index is 1150. The standard InChI is InChI=1S/C30H38N4O5/c1-2-3-4-5-6-7-8-12-15-27(35)26-21-20-25-28(30(37)32(29(25)36)23-13-10-9-11-14-23)33(26)31-22-16-18-24(19-17-22)34(38)39/h9-11,13-14,16-21,25-28,31,35H,2-8,12,15H2,1H3/t25-,26-,27-,28-/m0/s1. The number of nitro groups is 1. The lowest BCUT2D eigenvalue weighted by Crippen LogP contribution is -2.57. The first-order chi connectivity index (χ1) is 18.9. The van der Waals surface area contributed by atoms with Crippen molar-refractivity contribution in [1.82, 2.24) is 5.01 Å². The van der Waals surface area contributed by atoms with Crippen LogP contribution in [-0.4, -0.2) is 45.0 Å². The molecular formula is C30H38N4O5. The van der Waals surface area contributed by atoms with Crippen molar-refractivity contribution in [3.05, 3.63) is 76.9 Å². The van der Waals surface area contributed by atoms with Crippen LogP contribution in [0.15, 0.2) is 66.7 Å². The van der Waals surface area contributed by atoms with Gasteiger partial charge in [-0.1, -0.05) is 88.6 Å². The Morgan fingerprint density at radius 2 is 1.54 bits per heavy atom. The number of hydrogen-bond donors (Lipinski definition) is 2. The van der Waals surface area contributed by atoms with Crippen molar-refractivity contribution in [2.75, 3.05) is 10.3 Å². The number of para-hydroxylation sites is 1. The third-order valence-corrected chi connectivity index (χ3v) is 7.55. The number of nitrogens with zero attached hydrogens (tertiary/aromatic N) is 3. The molecule has 0 unspecified atom stereocenters. The third-order valence-electron chi connectivity index (χ3n) is 7.55. The second-order valence-corrected chi connectivity index (χ2v) is 10.3. The molecule has 0 saturated carbocycles. The molecule has 4 rings (SSSR count). The molecule has 0 aliphatic carbocycles. The van der Waals surface area contributed by atoms with Gasteiger partial charge in [-0.2, -0.15) is 0 Å². The van der Waals surface area contributed by atoms with E-state index < -0.39 is 29.0 Å². The summed E-state index contributed by atoms with van der Waals surface area (Å²) in [5.74, 6) is -1.41. The maximum absolute atomic E-state index is 13.7. The smallest absolute Gasteiger partial charge is 0.269 e. The number of nitrogens with one attached hydrogen (secondary N) is 1. The van der Waals surface area contributed by atoms with Crippen LogP contribution >= 0.6 is 0 Å². The van der Waals surface area contributed by atoms with E-state index in [-0.39, 0.29) is 17.5 Å². The van der Waals surface area contributed by atoms with E-state index in [4.69, 9.17) is 0 Å². The van der Waals surface area contributed by atoms with Gasteiger partial charge < -0.3 is 10.5 Å². The summed E-state index contributed by atoms with van der Waals surface area (Å²) in [6, 6.07) is 13.3. The Hall–Kier alpha value is -3.56. The van der Waals surface area contributed by atoms with Crippen molar-refractivity contribution in [2.45, 2.75) is 82.9 Å². The molecule has 0 bridgehead atoms. The van der Waals surface area contributed by atoms with Gasteiger partial charge in [0, 0.05) is 17.8 Å². The number of hydrogen-bond acceptors (Lipinski definition) is 7. The van der Waals surface area contributed by atoms with Crippen molar-refractivity contribution in [3.8, 4) is 0 Å². The lowest BCUT2D eigenvalue weighted by Gasteiger charge is -2.40. The van der Waals surface area contributed by atoms with Crippen LogP contribution in [0.4, 0.5) is 17.1 Å². The highest BCUT2D eigenvalue weighted by Crippen LogP contribution is 2.36. The van der Waals surface area contributed by atoms with Gasteiger partial charge in [-0.25, -0.2) is 9.91 Å². The molecule has 2 aliphatic rings. The van der Waals surface area contributed by atoms with E-state index in [9.17, 15) is 24.8 Å². The van der Waals surface area contributed by atoms with Gasteiger partial charge in [0.15, 0.2) is 0 Å². The number of fused-ring (bicyclic) bond motifs is 1. The fourth-order valence-electron chi connectivity index (χ4n) is 5.42. The van der Waals surface area contributed by atoms with Gasteiger partial charge >= 0.3 is 0 Å². The number of hydrazine groups is 1. The molecule has 2 amide bonds. The van der Waals surface area contributed by atoms with Crippen LogP contribution < -0.4 is 10.3 Å². The van der Waals surface area contributed by atoms with Crippen molar-refractivity contribution < 1.29 is 19.6 Å². The number of anilines is 2. The lowest BCUT2D eigenvalue weighted by molar-refractivity contribution is -0.384. The second kappa shape index (κ2) is 13.5. The van der Waals surface area contributed by atoms with Crippen LogP contribution in [0.3, 0.4) is 0 Å². The SMILES string of the molecule is CCCCCCCCCC[C@H](O)[C@@H]1C=C[C@@H]2C(=O)N(c3ccccc3)C(=O)[C@H]2N1Nc1ccc([N+](=O)[O-])cc1. The summed E-state index contributed by atoms with van der Waals surface area (Å²) in [4.78, 5) is 38.9. The monoisotopic (exact) mass is 534 g/mol. The zero-order chi connectivity index (χ0) is 27.8. The number of amides is 2. The van der Waals surface area contributed by atoms with Crippen molar-refractivity contribution in [3.63, 3.8) is 0 Å². The molecule has 9 heteroatoms. The quantitative estimate of drug-likeness (QED) is 0.106. The summed E-state index contributed by atoms with van der Waals surface area (Å²) < 4.78 is 0. The average Bonchev–Trinajstić information content (AvgIpc) is 3.20. The van der Waals surface area contributed by atoms with Gasteiger partial charge in [0.1, 0.15) is 6.04 Å². The molecule has 1 fully saturated rings. The molecule has 39 heavy (non-hydrogen) atoms. The molecule has 208 valence electrons. The number of carbonyl (C=O) groups is 2. The molecule has 2 N–H and O–H groups in total. The first kappa shape index (κ1) is 28.4. The number of non-ortho nitro benzene ring substituents is 1. The fourth-order valence-corrected chi connectivity index (χ4v) is 5.42. The minimum absolute atomic E-state index is 0.0504. The highest BCUT2D eigenvalue weighted by Gasteiger charge is 2.54. The van der Waals surface area contributed by atoms with Crippen molar-refractivity contribution in [1.29, 1.82) is 0 Å². The number of rotatable bonds is 14. The average molecular weight is 535 g/mol. The van der Waals surface area contributed by atoms with Gasteiger partial charge in [0.25, 0.3) is 11.6 Å². The van der Waals surface area contributed by atoms with E-state index in [0.717, 1.165) is 19.3 Å². The summed E-state index contributed by atoms with van der Waals surface area (Å²) in [5.41, 5.74) is 4.18. The molecule has 0 radical (unpaired) electrons. The number of aliphatic hydroxyl groups excluding tert-OH is 1. The Morgan fingerprint density at radius 1 is 0.897 bits per heavy atom. The molecular weight excluding hydrogens is 496 g/mol. The van der Waals surface area contributed by atoms with E-state index in [2.05, 4.69) is 12.3 Å². The van der Waals surface area contributed by atoms with Crippen LogP contribution in [0.25, 0.3) is 0 Å². The summed E-state index contributed by atoms with van der Waals surface area (Å²) in [6.45, 7) is 2.21. The molecule has 2 heterocycles. The summed E-state index contributed by atoms with van der Waals surface area (Å²) in [5, 5.41) is 24.0. The molecule has 2 aromatic carbocycles. The summed E-state index contributed by atoms with van der Waals surface area (Å²) >= 11 is 0. The first-order valence-electron chi connectivity index (χ1n) is 14.0. The highest BCUT2D eigenvalue weighted by molar-refractivity contribution is 6.24. The fraction of sp³-hybridized carbons (Fsp3) is 0.467. The van der Waals surface area contributed by atoms with E-state index in [0.29, 0.717) is 17.8 Å². The Balaban J connectivity index is 1.50. The first-order valence-corrected chi connectivity index (χ1v) is 14.0. The molecule has 2 aliphatic heterocycles. The number of benzene rings is 2. The maximum atomic E-state index is 13.7. The van der Waals surface area contributed by atoms with Crippen LogP contribution in [0, 0.1) is 16.0 Å². The van der Waals surface area contributed by atoms with E-state index >= 15 is 0 Å². The number of carbonyl (C=O) groups excluding carboxylic acids is 2. The van der Waals surface area contributed by atoms with E-state index in [1.165, 1.54) is 49.1 Å².